The number of ether oxygens (including phenoxy) is 2. The predicted octanol–water partition coefficient (Wildman–Crippen LogP) is 16.4. The number of allylic oxidation sites excluding steroid dienone is 15. The van der Waals surface area contributed by atoms with E-state index in [0.29, 0.717) is 6.42 Å². The van der Waals surface area contributed by atoms with Crippen LogP contribution in [-0.4, -0.2) is 87.5 Å². The molecule has 1 amide bonds. The Morgan fingerprint density at radius 2 is 0.816 bits per heavy atom. The first-order chi connectivity index (χ1) is 37.3. The first-order valence-corrected chi connectivity index (χ1v) is 31.5. The van der Waals surface area contributed by atoms with Gasteiger partial charge in [0.2, 0.25) is 5.91 Å². The normalized spacial score (nSPS) is 19.5. The molecule has 1 rings (SSSR count). The highest BCUT2D eigenvalue weighted by Crippen LogP contribution is 2.23. The van der Waals surface area contributed by atoms with E-state index in [2.05, 4.69) is 104 Å². The minimum Gasteiger partial charge on any atom is -0.394 e. The van der Waals surface area contributed by atoms with Gasteiger partial charge in [0.25, 0.3) is 0 Å². The molecule has 1 heterocycles. The average Bonchev–Trinajstić information content (AvgIpc) is 3.42. The summed E-state index contributed by atoms with van der Waals surface area (Å²) in [6.45, 7) is 3.68. The molecule has 1 fully saturated rings. The highest BCUT2D eigenvalue weighted by atomic mass is 16.7. The summed E-state index contributed by atoms with van der Waals surface area (Å²) in [6, 6.07) is -0.811. The van der Waals surface area contributed by atoms with Gasteiger partial charge in [0.1, 0.15) is 24.4 Å². The third-order valence-corrected chi connectivity index (χ3v) is 14.4. The number of hydrogen-bond acceptors (Lipinski definition) is 8. The van der Waals surface area contributed by atoms with Crippen molar-refractivity contribution in [2.45, 2.75) is 307 Å². The summed E-state index contributed by atoms with van der Waals surface area (Å²) in [4.78, 5) is 13.1. The number of nitrogens with one attached hydrogen (secondary N) is 1. The highest BCUT2D eigenvalue weighted by molar-refractivity contribution is 5.76. The number of rotatable bonds is 53. The van der Waals surface area contributed by atoms with Gasteiger partial charge in [0.05, 0.1) is 25.4 Å². The lowest BCUT2D eigenvalue weighted by atomic mass is 9.99. The van der Waals surface area contributed by atoms with Crippen molar-refractivity contribution in [3.05, 3.63) is 97.2 Å². The van der Waals surface area contributed by atoms with Gasteiger partial charge < -0.3 is 40.3 Å². The summed E-state index contributed by atoms with van der Waals surface area (Å²) in [6.07, 6.45) is 73.3. The second-order valence-corrected chi connectivity index (χ2v) is 21.5. The standard InChI is InChI=1S/C67H117NO8/c1-3-5-7-9-11-13-15-17-19-21-23-24-25-26-27-28-29-30-31-32-33-34-35-36-37-38-39-41-43-45-47-49-51-53-55-57-63(71)68-60(59-75-67-66(74)65(73)64(72)62(58-69)76-67)61(70)56-54-52-50-48-46-44-42-40-22-20-18-16-14-12-10-8-6-4-2/h5,7,11,13,17,19,23-24,26-27,29-30,32-33,54,56,60-62,64-67,69-70,72-74H,3-4,6,8-10,12,14-16,18,20-22,25,28,31,34-53,55,57-59H2,1-2H3,(H,68,71)/b7-5-,13-11-,19-17-,24-23-,27-26-,30-29-,33-32-,56-54+. The van der Waals surface area contributed by atoms with Crippen LogP contribution < -0.4 is 5.32 Å². The van der Waals surface area contributed by atoms with Crippen LogP contribution in [0.3, 0.4) is 0 Å². The molecular formula is C67H117NO8. The summed E-state index contributed by atoms with van der Waals surface area (Å²) in [5.41, 5.74) is 0. The smallest absolute Gasteiger partial charge is 0.220 e. The molecule has 1 aliphatic heterocycles. The lowest BCUT2D eigenvalue weighted by molar-refractivity contribution is -0.302. The summed E-state index contributed by atoms with van der Waals surface area (Å²) in [7, 11) is 0. The van der Waals surface area contributed by atoms with Crippen LogP contribution in [0, 0.1) is 0 Å². The molecule has 0 aromatic heterocycles. The maximum absolute atomic E-state index is 13.1. The third-order valence-electron chi connectivity index (χ3n) is 14.4. The van der Waals surface area contributed by atoms with Gasteiger partial charge in [-0.1, -0.05) is 278 Å². The van der Waals surface area contributed by atoms with E-state index in [-0.39, 0.29) is 12.5 Å². The molecule has 6 N–H and O–H groups in total. The van der Waals surface area contributed by atoms with Gasteiger partial charge in [-0.15, -0.1) is 0 Å². The van der Waals surface area contributed by atoms with Crippen LogP contribution in [0.15, 0.2) is 97.2 Å². The molecule has 0 saturated carbocycles. The molecule has 0 bridgehead atoms. The zero-order chi connectivity index (χ0) is 55.0. The molecule has 0 radical (unpaired) electrons. The molecule has 438 valence electrons. The molecular weight excluding hydrogens is 947 g/mol. The van der Waals surface area contributed by atoms with Gasteiger partial charge in [-0.05, 0) is 77.0 Å². The number of carbonyl (C=O) groups is 1. The van der Waals surface area contributed by atoms with E-state index in [1.807, 2.05) is 6.08 Å². The van der Waals surface area contributed by atoms with Crippen molar-refractivity contribution < 1.29 is 39.8 Å². The summed E-state index contributed by atoms with van der Waals surface area (Å²) >= 11 is 0. The first kappa shape index (κ1) is 71.1. The first-order valence-electron chi connectivity index (χ1n) is 31.5. The van der Waals surface area contributed by atoms with Gasteiger partial charge in [-0.3, -0.25) is 4.79 Å². The number of amides is 1. The van der Waals surface area contributed by atoms with Crippen LogP contribution in [-0.2, 0) is 14.3 Å². The molecule has 1 aliphatic rings. The molecule has 9 heteroatoms. The number of carbonyl (C=O) groups excluding carboxylic acids is 1. The Morgan fingerprint density at radius 3 is 1.21 bits per heavy atom. The van der Waals surface area contributed by atoms with Crippen molar-refractivity contribution in [1.82, 2.24) is 5.32 Å². The predicted molar refractivity (Wildman–Crippen MR) is 322 cm³/mol. The fraction of sp³-hybridized carbons (Fsp3) is 0.746. The van der Waals surface area contributed by atoms with Crippen molar-refractivity contribution in [2.75, 3.05) is 13.2 Å². The van der Waals surface area contributed by atoms with Gasteiger partial charge in [0.15, 0.2) is 6.29 Å². The van der Waals surface area contributed by atoms with E-state index in [1.165, 1.54) is 161 Å². The van der Waals surface area contributed by atoms with Crippen LogP contribution in [0.1, 0.15) is 264 Å². The maximum atomic E-state index is 13.1. The number of aliphatic hydroxyl groups is 5. The quantitative estimate of drug-likeness (QED) is 0.0261. The molecule has 76 heavy (non-hydrogen) atoms. The van der Waals surface area contributed by atoms with Crippen molar-refractivity contribution in [3.63, 3.8) is 0 Å². The molecule has 1 saturated heterocycles. The van der Waals surface area contributed by atoms with Crippen LogP contribution in [0.4, 0.5) is 0 Å². The number of aliphatic hydroxyl groups excluding tert-OH is 5. The lowest BCUT2D eigenvalue weighted by Gasteiger charge is -2.40. The minimum atomic E-state index is -1.57. The summed E-state index contributed by atoms with van der Waals surface area (Å²) in [5.74, 6) is -0.180. The van der Waals surface area contributed by atoms with E-state index in [0.717, 1.165) is 83.5 Å². The monoisotopic (exact) mass is 1060 g/mol. The van der Waals surface area contributed by atoms with Crippen molar-refractivity contribution in [1.29, 1.82) is 0 Å². The Balaban J connectivity index is 2.16. The van der Waals surface area contributed by atoms with E-state index >= 15 is 0 Å². The zero-order valence-electron chi connectivity index (χ0n) is 48.7. The molecule has 0 aromatic carbocycles. The zero-order valence-corrected chi connectivity index (χ0v) is 48.7. The fourth-order valence-corrected chi connectivity index (χ4v) is 9.49. The molecule has 9 nitrogen and oxygen atoms in total. The Labute approximate surface area is 466 Å². The topological polar surface area (TPSA) is 149 Å². The van der Waals surface area contributed by atoms with Crippen molar-refractivity contribution in [2.24, 2.45) is 0 Å². The lowest BCUT2D eigenvalue weighted by Crippen LogP contribution is -2.60. The fourth-order valence-electron chi connectivity index (χ4n) is 9.49. The Hall–Kier alpha value is -2.89. The Bertz CT molecular complexity index is 1510. The van der Waals surface area contributed by atoms with E-state index < -0.39 is 49.5 Å². The van der Waals surface area contributed by atoms with Gasteiger partial charge >= 0.3 is 0 Å². The minimum absolute atomic E-state index is 0.180. The van der Waals surface area contributed by atoms with Gasteiger partial charge in [-0.25, -0.2) is 0 Å². The Kier molecular flexibility index (Phi) is 51.9. The van der Waals surface area contributed by atoms with E-state index in [4.69, 9.17) is 9.47 Å². The molecule has 0 aliphatic carbocycles. The average molecular weight is 1060 g/mol. The van der Waals surface area contributed by atoms with Crippen LogP contribution in [0.5, 0.6) is 0 Å². The Morgan fingerprint density at radius 1 is 0.461 bits per heavy atom. The SMILES string of the molecule is CC/C=C\C/C=C\C/C=C\C/C=C\C/C=C\C/C=C\C/C=C\CCCCCCCCCCCCCCCC(=O)NC(COC1OC(CO)C(O)C(O)C1O)C(O)/C=C/CCCCCCCCCCCCCCCCCC. The largest absolute Gasteiger partial charge is 0.394 e. The third kappa shape index (κ3) is 44.0. The molecule has 7 unspecified atom stereocenters. The van der Waals surface area contributed by atoms with Gasteiger partial charge in [0, 0.05) is 6.42 Å². The molecule has 7 atom stereocenters. The van der Waals surface area contributed by atoms with Crippen molar-refractivity contribution >= 4 is 5.91 Å². The molecule has 0 aromatic rings. The van der Waals surface area contributed by atoms with Crippen LogP contribution >= 0.6 is 0 Å². The summed E-state index contributed by atoms with van der Waals surface area (Å²) in [5, 5.41) is 54.6. The van der Waals surface area contributed by atoms with Crippen LogP contribution in [0.2, 0.25) is 0 Å². The second kappa shape index (κ2) is 55.4. The summed E-state index contributed by atoms with van der Waals surface area (Å²) < 4.78 is 11.3. The number of hydrogen-bond donors (Lipinski definition) is 6. The highest BCUT2D eigenvalue weighted by Gasteiger charge is 2.44. The maximum Gasteiger partial charge on any atom is 0.220 e. The number of unbranched alkanes of at least 4 members (excludes halogenated alkanes) is 29. The van der Waals surface area contributed by atoms with E-state index in [9.17, 15) is 30.3 Å². The van der Waals surface area contributed by atoms with Crippen LogP contribution in [0.25, 0.3) is 0 Å². The molecule has 0 spiro atoms. The van der Waals surface area contributed by atoms with E-state index in [1.54, 1.807) is 6.08 Å². The van der Waals surface area contributed by atoms with Crippen molar-refractivity contribution in [3.8, 4) is 0 Å². The van der Waals surface area contributed by atoms with Gasteiger partial charge in [-0.2, -0.15) is 0 Å². The second-order valence-electron chi connectivity index (χ2n) is 21.5.